The van der Waals surface area contributed by atoms with Gasteiger partial charge in [-0.2, -0.15) is 0 Å². The first-order valence-corrected chi connectivity index (χ1v) is 7.13. The van der Waals surface area contributed by atoms with Gasteiger partial charge in [-0.3, -0.25) is 0 Å². The van der Waals surface area contributed by atoms with Gasteiger partial charge in [0.1, 0.15) is 0 Å². The van der Waals surface area contributed by atoms with Gasteiger partial charge in [-0.05, 0) is 32.3 Å². The summed E-state index contributed by atoms with van der Waals surface area (Å²) in [5.74, 6) is 0. The molecule has 1 aromatic rings. The molecule has 0 aromatic heterocycles. The Morgan fingerprint density at radius 1 is 1.37 bits per heavy atom. The second kappa shape index (κ2) is 7.04. The lowest BCUT2D eigenvalue weighted by molar-refractivity contribution is -0.0395. The van der Waals surface area contributed by atoms with Gasteiger partial charge >= 0.3 is 0 Å². The predicted octanol–water partition coefficient (Wildman–Crippen LogP) is 2.84. The van der Waals surface area contributed by atoms with Crippen LogP contribution in [-0.2, 0) is 9.47 Å². The second-order valence-electron chi connectivity index (χ2n) is 5.49. The molecule has 2 atom stereocenters. The molecule has 1 fully saturated rings. The lowest BCUT2D eigenvalue weighted by Crippen LogP contribution is -2.28. The van der Waals surface area contributed by atoms with E-state index >= 15 is 0 Å². The maximum Gasteiger partial charge on any atom is 0.0954 e. The van der Waals surface area contributed by atoms with Gasteiger partial charge in [0.2, 0.25) is 0 Å². The van der Waals surface area contributed by atoms with Crippen LogP contribution in [0, 0.1) is 6.92 Å². The lowest BCUT2D eigenvalue weighted by Gasteiger charge is -2.23. The van der Waals surface area contributed by atoms with Crippen LogP contribution in [0.15, 0.2) is 24.3 Å². The summed E-state index contributed by atoms with van der Waals surface area (Å²) in [6.07, 6.45) is 2.81. The number of benzene rings is 1. The molecule has 2 rings (SSSR count). The number of methoxy groups -OCH3 is 1. The van der Waals surface area contributed by atoms with Gasteiger partial charge in [0.15, 0.2) is 0 Å². The highest BCUT2D eigenvalue weighted by Crippen LogP contribution is 2.23. The van der Waals surface area contributed by atoms with Crippen molar-refractivity contribution in [2.45, 2.75) is 44.9 Å². The largest absolute Gasteiger partial charge is 0.382 e. The van der Waals surface area contributed by atoms with E-state index in [1.54, 1.807) is 7.11 Å². The molecule has 1 aliphatic rings. The van der Waals surface area contributed by atoms with Crippen LogP contribution in [0.5, 0.6) is 0 Å². The van der Waals surface area contributed by atoms with E-state index in [-0.39, 0.29) is 12.2 Å². The van der Waals surface area contributed by atoms with Crippen LogP contribution >= 0.6 is 0 Å². The third-order valence-electron chi connectivity index (χ3n) is 3.38. The van der Waals surface area contributed by atoms with Crippen molar-refractivity contribution < 1.29 is 9.47 Å². The molecule has 1 aliphatic carbocycles. The van der Waals surface area contributed by atoms with Crippen LogP contribution < -0.4 is 5.32 Å². The zero-order chi connectivity index (χ0) is 13.7. The van der Waals surface area contributed by atoms with Crippen molar-refractivity contribution in [1.82, 2.24) is 5.32 Å². The smallest absolute Gasteiger partial charge is 0.0954 e. The minimum Gasteiger partial charge on any atom is -0.382 e. The molecule has 1 saturated carbocycles. The summed E-state index contributed by atoms with van der Waals surface area (Å²) in [5.41, 5.74) is 2.52. The maximum absolute atomic E-state index is 6.12. The minimum atomic E-state index is 0.102. The molecule has 0 bridgehead atoms. The number of hydrogen-bond acceptors (Lipinski definition) is 3. The third-order valence-corrected chi connectivity index (χ3v) is 3.38. The molecule has 0 amide bonds. The number of ether oxygens (including phenoxy) is 2. The Morgan fingerprint density at radius 3 is 2.79 bits per heavy atom. The first kappa shape index (κ1) is 14.5. The Bertz CT molecular complexity index is 390. The van der Waals surface area contributed by atoms with Crippen LogP contribution in [-0.4, -0.2) is 32.4 Å². The molecule has 0 saturated heterocycles. The monoisotopic (exact) mass is 263 g/mol. The Balaban J connectivity index is 1.99. The summed E-state index contributed by atoms with van der Waals surface area (Å²) in [6, 6.07) is 9.27. The average molecular weight is 263 g/mol. The van der Waals surface area contributed by atoms with E-state index in [0.29, 0.717) is 12.6 Å². The number of aryl methyl sites for hydroxylation is 1. The third kappa shape index (κ3) is 4.94. The van der Waals surface area contributed by atoms with Crippen LogP contribution in [0.3, 0.4) is 0 Å². The van der Waals surface area contributed by atoms with Gasteiger partial charge < -0.3 is 14.8 Å². The van der Waals surface area contributed by atoms with Crippen molar-refractivity contribution in [3.8, 4) is 0 Å². The van der Waals surface area contributed by atoms with Crippen molar-refractivity contribution in [3.05, 3.63) is 35.4 Å². The van der Waals surface area contributed by atoms with Crippen LogP contribution in [0.2, 0.25) is 0 Å². The van der Waals surface area contributed by atoms with Crippen molar-refractivity contribution in [2.75, 3.05) is 20.3 Å². The molecule has 3 nitrogen and oxygen atoms in total. The molecule has 0 aliphatic heterocycles. The van der Waals surface area contributed by atoms with E-state index in [4.69, 9.17) is 9.47 Å². The van der Waals surface area contributed by atoms with Crippen molar-refractivity contribution in [2.24, 2.45) is 0 Å². The SMILES string of the molecule is COCC(C)OC(CNC1CC1)c1cccc(C)c1. The fourth-order valence-corrected chi connectivity index (χ4v) is 2.23. The molecular weight excluding hydrogens is 238 g/mol. The highest BCUT2D eigenvalue weighted by molar-refractivity contribution is 5.24. The van der Waals surface area contributed by atoms with E-state index in [9.17, 15) is 0 Å². The van der Waals surface area contributed by atoms with E-state index in [2.05, 4.69) is 43.4 Å². The van der Waals surface area contributed by atoms with E-state index in [0.717, 1.165) is 6.54 Å². The number of nitrogens with one attached hydrogen (secondary N) is 1. The fourth-order valence-electron chi connectivity index (χ4n) is 2.23. The summed E-state index contributed by atoms with van der Waals surface area (Å²) in [7, 11) is 1.71. The van der Waals surface area contributed by atoms with Gasteiger partial charge in [-0.25, -0.2) is 0 Å². The molecule has 106 valence electrons. The summed E-state index contributed by atoms with van der Waals surface area (Å²) in [4.78, 5) is 0. The molecule has 1 aromatic carbocycles. The Hall–Kier alpha value is -0.900. The highest BCUT2D eigenvalue weighted by Gasteiger charge is 2.23. The molecule has 19 heavy (non-hydrogen) atoms. The van der Waals surface area contributed by atoms with Gasteiger partial charge in [0, 0.05) is 19.7 Å². The lowest BCUT2D eigenvalue weighted by atomic mass is 10.1. The Labute approximate surface area is 116 Å². The van der Waals surface area contributed by atoms with E-state index in [1.807, 2.05) is 0 Å². The quantitative estimate of drug-likeness (QED) is 0.782. The normalized spacial score (nSPS) is 18.3. The second-order valence-corrected chi connectivity index (χ2v) is 5.49. The zero-order valence-corrected chi connectivity index (χ0v) is 12.2. The average Bonchev–Trinajstić information content (AvgIpc) is 3.18. The van der Waals surface area contributed by atoms with E-state index < -0.39 is 0 Å². The minimum absolute atomic E-state index is 0.102. The van der Waals surface area contributed by atoms with E-state index in [1.165, 1.54) is 24.0 Å². The van der Waals surface area contributed by atoms with Crippen molar-refractivity contribution in [3.63, 3.8) is 0 Å². The fraction of sp³-hybridized carbons (Fsp3) is 0.625. The van der Waals surface area contributed by atoms with Crippen LogP contribution in [0.1, 0.15) is 37.0 Å². The molecule has 0 heterocycles. The first-order valence-electron chi connectivity index (χ1n) is 7.13. The van der Waals surface area contributed by atoms with Crippen molar-refractivity contribution >= 4 is 0 Å². The zero-order valence-electron chi connectivity index (χ0n) is 12.2. The van der Waals surface area contributed by atoms with Gasteiger partial charge in [0.25, 0.3) is 0 Å². The maximum atomic E-state index is 6.12. The number of rotatable bonds is 8. The summed E-state index contributed by atoms with van der Waals surface area (Å²) < 4.78 is 11.3. The van der Waals surface area contributed by atoms with Gasteiger partial charge in [0.05, 0.1) is 18.8 Å². The predicted molar refractivity (Wildman–Crippen MR) is 77.4 cm³/mol. The summed E-state index contributed by atoms with van der Waals surface area (Å²) in [6.45, 7) is 5.69. The van der Waals surface area contributed by atoms with Gasteiger partial charge in [-0.1, -0.05) is 29.8 Å². The van der Waals surface area contributed by atoms with Crippen LogP contribution in [0.4, 0.5) is 0 Å². The molecule has 0 radical (unpaired) electrons. The summed E-state index contributed by atoms with van der Waals surface area (Å²) in [5, 5.41) is 3.56. The van der Waals surface area contributed by atoms with Crippen LogP contribution in [0.25, 0.3) is 0 Å². The molecular formula is C16H25NO2. The Kier molecular flexibility index (Phi) is 5.37. The topological polar surface area (TPSA) is 30.5 Å². The number of hydrogen-bond donors (Lipinski definition) is 1. The molecule has 2 unspecified atom stereocenters. The summed E-state index contributed by atoms with van der Waals surface area (Å²) >= 11 is 0. The standard InChI is InChI=1S/C16H25NO2/c1-12-5-4-6-14(9-12)16(10-17-15-7-8-15)19-13(2)11-18-3/h4-6,9,13,15-17H,7-8,10-11H2,1-3H3. The molecule has 0 spiro atoms. The highest BCUT2D eigenvalue weighted by atomic mass is 16.5. The Morgan fingerprint density at radius 2 is 2.16 bits per heavy atom. The van der Waals surface area contributed by atoms with Gasteiger partial charge in [-0.15, -0.1) is 0 Å². The molecule has 3 heteroatoms. The molecule has 1 N–H and O–H groups in total. The van der Waals surface area contributed by atoms with Crippen molar-refractivity contribution in [1.29, 1.82) is 0 Å². The first-order chi connectivity index (χ1) is 9.19.